The number of hydrogen-bond acceptors (Lipinski definition) is 3. The van der Waals surface area contributed by atoms with Gasteiger partial charge in [-0.3, -0.25) is 10.6 Å². The zero-order chi connectivity index (χ0) is 14.7. The van der Waals surface area contributed by atoms with Crippen LogP contribution in [0, 0.1) is 6.92 Å². The summed E-state index contributed by atoms with van der Waals surface area (Å²) in [4.78, 5) is 12.2. The molecule has 2 aromatic carbocycles. The third-order valence-electron chi connectivity index (χ3n) is 2.82. The van der Waals surface area contributed by atoms with E-state index in [4.69, 9.17) is 17.4 Å². The molecular formula is C14H13BrClN3O. The van der Waals surface area contributed by atoms with Crippen LogP contribution in [-0.4, -0.2) is 5.91 Å². The third kappa shape index (κ3) is 3.30. The summed E-state index contributed by atoms with van der Waals surface area (Å²) < 4.78 is 0.771. The second-order valence-corrected chi connectivity index (χ2v) is 5.54. The molecule has 6 heteroatoms. The molecular weight excluding hydrogens is 342 g/mol. The Morgan fingerprint density at radius 3 is 2.60 bits per heavy atom. The molecule has 0 aliphatic heterocycles. The van der Waals surface area contributed by atoms with Crippen LogP contribution in [0.2, 0.25) is 5.02 Å². The number of aryl methyl sites for hydroxylation is 1. The number of hydrogen-bond donors (Lipinski definition) is 3. The standard InChI is InChI=1S/C14H13BrClN3O/c1-8-6-9(2-5-12(8)19-17)14(20)18-13-7-10(16)3-4-11(13)15/h2-7,19H,17H2,1H3,(H,18,20). The van der Waals surface area contributed by atoms with Gasteiger partial charge in [0.15, 0.2) is 0 Å². The number of rotatable bonds is 3. The van der Waals surface area contributed by atoms with E-state index in [2.05, 4.69) is 26.7 Å². The molecule has 4 nitrogen and oxygen atoms in total. The van der Waals surface area contributed by atoms with Crippen LogP contribution < -0.4 is 16.6 Å². The van der Waals surface area contributed by atoms with Crippen molar-refractivity contribution in [2.75, 3.05) is 10.7 Å². The monoisotopic (exact) mass is 353 g/mol. The first-order chi connectivity index (χ1) is 9.51. The number of anilines is 2. The molecule has 2 aromatic rings. The van der Waals surface area contributed by atoms with E-state index in [-0.39, 0.29) is 5.91 Å². The molecule has 104 valence electrons. The highest BCUT2D eigenvalue weighted by Crippen LogP contribution is 2.26. The summed E-state index contributed by atoms with van der Waals surface area (Å²) in [5.41, 5.74) is 5.42. The Balaban J connectivity index is 2.24. The number of benzene rings is 2. The van der Waals surface area contributed by atoms with Crippen molar-refractivity contribution in [2.24, 2.45) is 5.84 Å². The quantitative estimate of drug-likeness (QED) is 0.577. The van der Waals surface area contributed by atoms with Crippen LogP contribution in [0.15, 0.2) is 40.9 Å². The lowest BCUT2D eigenvalue weighted by molar-refractivity contribution is 0.102. The fourth-order valence-corrected chi connectivity index (χ4v) is 2.27. The van der Waals surface area contributed by atoms with Crippen molar-refractivity contribution in [3.63, 3.8) is 0 Å². The first-order valence-electron chi connectivity index (χ1n) is 5.85. The fraction of sp³-hybridized carbons (Fsp3) is 0.0714. The lowest BCUT2D eigenvalue weighted by Gasteiger charge is -2.10. The Labute approximate surface area is 130 Å². The van der Waals surface area contributed by atoms with Crippen LogP contribution >= 0.6 is 27.5 Å². The molecule has 4 N–H and O–H groups in total. The summed E-state index contributed by atoms with van der Waals surface area (Å²) in [5, 5.41) is 3.37. The van der Waals surface area contributed by atoms with Crippen molar-refractivity contribution in [1.29, 1.82) is 0 Å². The Bertz CT molecular complexity index is 661. The fourth-order valence-electron chi connectivity index (χ4n) is 1.75. The molecule has 1 amide bonds. The van der Waals surface area contributed by atoms with Crippen LogP contribution in [0.25, 0.3) is 0 Å². The van der Waals surface area contributed by atoms with Crippen molar-refractivity contribution in [3.05, 3.63) is 57.0 Å². The number of nitrogens with one attached hydrogen (secondary N) is 2. The molecule has 0 fully saturated rings. The summed E-state index contributed by atoms with van der Waals surface area (Å²) in [6.07, 6.45) is 0. The first-order valence-corrected chi connectivity index (χ1v) is 7.02. The number of carbonyl (C=O) groups excluding carboxylic acids is 1. The molecule has 0 radical (unpaired) electrons. The summed E-state index contributed by atoms with van der Waals surface area (Å²) in [5.74, 6) is 5.16. The second kappa shape index (κ2) is 6.26. The molecule has 0 saturated heterocycles. The molecule has 0 aliphatic rings. The molecule has 0 bridgehead atoms. The second-order valence-electron chi connectivity index (χ2n) is 4.25. The lowest BCUT2D eigenvalue weighted by Crippen LogP contribution is -2.14. The van der Waals surface area contributed by atoms with Gasteiger partial charge in [0.2, 0.25) is 0 Å². The first kappa shape index (κ1) is 14.8. The summed E-state index contributed by atoms with van der Waals surface area (Å²) >= 11 is 9.29. The minimum absolute atomic E-state index is 0.209. The average Bonchev–Trinajstić information content (AvgIpc) is 2.42. The van der Waals surface area contributed by atoms with Crippen molar-refractivity contribution in [2.45, 2.75) is 6.92 Å². The molecule has 0 spiro atoms. The third-order valence-corrected chi connectivity index (χ3v) is 3.75. The van der Waals surface area contributed by atoms with Gasteiger partial charge in [-0.25, -0.2) is 0 Å². The van der Waals surface area contributed by atoms with E-state index >= 15 is 0 Å². The Kier molecular flexibility index (Phi) is 4.65. The van der Waals surface area contributed by atoms with E-state index in [1.165, 1.54) is 0 Å². The Morgan fingerprint density at radius 2 is 1.95 bits per heavy atom. The average molecular weight is 355 g/mol. The highest BCUT2D eigenvalue weighted by atomic mass is 79.9. The maximum Gasteiger partial charge on any atom is 0.255 e. The summed E-state index contributed by atoms with van der Waals surface area (Å²) in [6, 6.07) is 10.4. The van der Waals surface area contributed by atoms with E-state index in [9.17, 15) is 4.79 Å². The molecule has 0 unspecified atom stereocenters. The lowest BCUT2D eigenvalue weighted by atomic mass is 10.1. The van der Waals surface area contributed by atoms with Crippen molar-refractivity contribution < 1.29 is 4.79 Å². The number of carbonyl (C=O) groups is 1. The molecule has 20 heavy (non-hydrogen) atoms. The highest BCUT2D eigenvalue weighted by Gasteiger charge is 2.10. The molecule has 0 aromatic heterocycles. The van der Waals surface area contributed by atoms with E-state index < -0.39 is 0 Å². The minimum atomic E-state index is -0.209. The van der Waals surface area contributed by atoms with Gasteiger partial charge in [0.25, 0.3) is 5.91 Å². The summed E-state index contributed by atoms with van der Waals surface area (Å²) in [7, 11) is 0. The zero-order valence-electron chi connectivity index (χ0n) is 10.7. The molecule has 0 aliphatic carbocycles. The number of amides is 1. The van der Waals surface area contributed by atoms with Crippen LogP contribution in [0.4, 0.5) is 11.4 Å². The van der Waals surface area contributed by atoms with Gasteiger partial charge >= 0.3 is 0 Å². The van der Waals surface area contributed by atoms with Gasteiger partial charge in [-0.05, 0) is 64.8 Å². The molecule has 0 heterocycles. The number of hydrazine groups is 1. The maximum atomic E-state index is 12.2. The molecule has 0 atom stereocenters. The van der Waals surface area contributed by atoms with Gasteiger partial charge in [-0.1, -0.05) is 11.6 Å². The van der Waals surface area contributed by atoms with Gasteiger partial charge in [-0.2, -0.15) is 0 Å². The Morgan fingerprint density at radius 1 is 1.20 bits per heavy atom. The SMILES string of the molecule is Cc1cc(C(=O)Nc2cc(Cl)ccc2Br)ccc1NN. The number of nitrogen functional groups attached to an aromatic ring is 1. The van der Waals surface area contributed by atoms with Crippen LogP contribution in [0.1, 0.15) is 15.9 Å². The normalized spacial score (nSPS) is 10.2. The predicted molar refractivity (Wildman–Crippen MR) is 86.1 cm³/mol. The molecule has 2 rings (SSSR count). The van der Waals surface area contributed by atoms with E-state index in [1.54, 1.807) is 36.4 Å². The predicted octanol–water partition coefficient (Wildman–Crippen LogP) is 3.95. The topological polar surface area (TPSA) is 67.2 Å². The minimum Gasteiger partial charge on any atom is -0.324 e. The maximum absolute atomic E-state index is 12.2. The smallest absolute Gasteiger partial charge is 0.255 e. The van der Waals surface area contributed by atoms with Gasteiger partial charge in [-0.15, -0.1) is 0 Å². The van der Waals surface area contributed by atoms with E-state index in [0.717, 1.165) is 15.7 Å². The molecule has 0 saturated carbocycles. The van der Waals surface area contributed by atoms with Crippen molar-refractivity contribution >= 4 is 44.8 Å². The Hall–Kier alpha value is -1.56. The van der Waals surface area contributed by atoms with Crippen LogP contribution in [0.3, 0.4) is 0 Å². The van der Waals surface area contributed by atoms with E-state index in [0.29, 0.717) is 16.3 Å². The van der Waals surface area contributed by atoms with Crippen molar-refractivity contribution in [1.82, 2.24) is 0 Å². The van der Waals surface area contributed by atoms with E-state index in [1.807, 2.05) is 6.92 Å². The van der Waals surface area contributed by atoms with Gasteiger partial charge in [0, 0.05) is 15.1 Å². The van der Waals surface area contributed by atoms with Gasteiger partial charge in [0.05, 0.1) is 11.4 Å². The van der Waals surface area contributed by atoms with Crippen LogP contribution in [0.5, 0.6) is 0 Å². The number of halogens is 2. The van der Waals surface area contributed by atoms with Gasteiger partial charge in [0.1, 0.15) is 0 Å². The van der Waals surface area contributed by atoms with Gasteiger partial charge < -0.3 is 10.7 Å². The van der Waals surface area contributed by atoms with Crippen LogP contribution in [-0.2, 0) is 0 Å². The summed E-state index contributed by atoms with van der Waals surface area (Å²) in [6.45, 7) is 1.88. The van der Waals surface area contributed by atoms with Crippen molar-refractivity contribution in [3.8, 4) is 0 Å². The highest BCUT2D eigenvalue weighted by molar-refractivity contribution is 9.10. The number of nitrogens with two attached hydrogens (primary N) is 1. The zero-order valence-corrected chi connectivity index (χ0v) is 13.0. The largest absolute Gasteiger partial charge is 0.324 e.